The summed E-state index contributed by atoms with van der Waals surface area (Å²) in [4.78, 5) is 13.5. The van der Waals surface area contributed by atoms with Crippen LogP contribution in [-0.4, -0.2) is 32.3 Å². The molecule has 0 unspecified atom stereocenters. The molecule has 1 aliphatic carbocycles. The molecule has 4 rings (SSSR count). The van der Waals surface area contributed by atoms with E-state index in [1.807, 2.05) is 31.2 Å². The van der Waals surface area contributed by atoms with Gasteiger partial charge in [-0.15, -0.1) is 0 Å². The third kappa shape index (κ3) is 4.02. The van der Waals surface area contributed by atoms with Gasteiger partial charge in [0.25, 0.3) is 0 Å². The van der Waals surface area contributed by atoms with Crippen LogP contribution in [0.25, 0.3) is 0 Å². The number of benzene rings is 1. The first-order valence-corrected chi connectivity index (χ1v) is 11.4. The fraction of sp³-hybridized carbons (Fsp3) is 0.545. The van der Waals surface area contributed by atoms with Crippen molar-refractivity contribution in [1.82, 2.24) is 20.2 Å². The first-order valence-electron chi connectivity index (χ1n) is 10.6. The van der Waals surface area contributed by atoms with E-state index in [-0.39, 0.29) is 12.1 Å². The number of halogens is 1. The Morgan fingerprint density at radius 1 is 1.27 bits per heavy atom. The largest absolute Gasteiger partial charge is 0.459 e. The zero-order valence-electron chi connectivity index (χ0n) is 17.8. The van der Waals surface area contributed by atoms with Gasteiger partial charge in [0.05, 0.1) is 5.57 Å². The van der Waals surface area contributed by atoms with Crippen molar-refractivity contribution < 1.29 is 9.53 Å². The maximum Gasteiger partial charge on any atom is 0.338 e. The highest BCUT2D eigenvalue weighted by atomic mass is 79.9. The van der Waals surface area contributed by atoms with Crippen molar-refractivity contribution in [1.29, 1.82) is 0 Å². The number of hydrogen-bond donors (Lipinski definition) is 1. The van der Waals surface area contributed by atoms with Gasteiger partial charge in [0.1, 0.15) is 12.1 Å². The minimum Gasteiger partial charge on any atom is -0.459 e. The Balaban J connectivity index is 1.68. The van der Waals surface area contributed by atoms with E-state index in [1.54, 1.807) is 4.68 Å². The molecule has 0 amide bonds. The molecule has 4 atom stereocenters. The SMILES string of the molecule is CC1=C(C(=O)O[C@@H]2C[C@H](C)CC[C@@H]2C(C)C)[C@H](c2ccc(Br)cc2)n2nnnc2N1. The Hall–Kier alpha value is -2.22. The summed E-state index contributed by atoms with van der Waals surface area (Å²) in [6.45, 7) is 8.55. The number of carbonyl (C=O) groups excluding carboxylic acids is 1. The first kappa shape index (κ1) is 21.0. The molecule has 1 N–H and O–H groups in total. The van der Waals surface area contributed by atoms with Crippen LogP contribution in [-0.2, 0) is 9.53 Å². The molecule has 1 fully saturated rings. The van der Waals surface area contributed by atoms with E-state index >= 15 is 0 Å². The van der Waals surface area contributed by atoms with Gasteiger partial charge in [-0.1, -0.05) is 60.4 Å². The maximum absolute atomic E-state index is 13.5. The number of anilines is 1. The topological polar surface area (TPSA) is 81.9 Å². The Bertz CT molecular complexity index is 953. The van der Waals surface area contributed by atoms with Crippen LogP contribution in [0.1, 0.15) is 58.6 Å². The summed E-state index contributed by atoms with van der Waals surface area (Å²) in [5.41, 5.74) is 2.20. The lowest BCUT2D eigenvalue weighted by molar-refractivity contribution is -0.151. The minimum atomic E-state index is -0.435. The molecule has 0 spiro atoms. The molecule has 1 saturated carbocycles. The van der Waals surface area contributed by atoms with Gasteiger partial charge >= 0.3 is 5.97 Å². The van der Waals surface area contributed by atoms with E-state index in [0.29, 0.717) is 29.3 Å². The third-order valence-corrected chi connectivity index (χ3v) is 6.87. The number of hydrogen-bond acceptors (Lipinski definition) is 6. The summed E-state index contributed by atoms with van der Waals surface area (Å²) < 4.78 is 8.80. The first-order chi connectivity index (χ1) is 14.3. The van der Waals surface area contributed by atoms with Gasteiger partial charge in [0.2, 0.25) is 5.95 Å². The molecule has 1 aliphatic heterocycles. The van der Waals surface area contributed by atoms with E-state index in [0.717, 1.165) is 28.6 Å². The van der Waals surface area contributed by atoms with Crippen molar-refractivity contribution in [2.24, 2.45) is 17.8 Å². The van der Waals surface area contributed by atoms with Crippen LogP contribution >= 0.6 is 15.9 Å². The van der Waals surface area contributed by atoms with Crippen LogP contribution in [0.15, 0.2) is 40.0 Å². The number of ether oxygens (including phenoxy) is 1. The fourth-order valence-electron chi connectivity index (χ4n) is 4.68. The van der Waals surface area contributed by atoms with Gasteiger partial charge in [-0.25, -0.2) is 4.79 Å². The van der Waals surface area contributed by atoms with E-state index < -0.39 is 6.04 Å². The summed E-state index contributed by atoms with van der Waals surface area (Å²) in [6.07, 6.45) is 3.13. The Morgan fingerprint density at radius 2 is 2.00 bits per heavy atom. The van der Waals surface area contributed by atoms with Gasteiger partial charge in [-0.2, -0.15) is 4.68 Å². The number of fused-ring (bicyclic) bond motifs is 1. The van der Waals surface area contributed by atoms with Crippen LogP contribution in [0.2, 0.25) is 0 Å². The van der Waals surface area contributed by atoms with Gasteiger partial charge in [-0.3, -0.25) is 0 Å². The fourth-order valence-corrected chi connectivity index (χ4v) is 4.95. The lowest BCUT2D eigenvalue weighted by Crippen LogP contribution is -2.38. The van der Waals surface area contributed by atoms with E-state index in [9.17, 15) is 4.79 Å². The molecule has 2 aromatic rings. The highest BCUT2D eigenvalue weighted by Crippen LogP contribution is 2.39. The Morgan fingerprint density at radius 3 is 2.70 bits per heavy atom. The number of carbonyl (C=O) groups is 1. The van der Waals surface area contributed by atoms with Crippen molar-refractivity contribution in [3.8, 4) is 0 Å². The summed E-state index contributed by atoms with van der Waals surface area (Å²) >= 11 is 3.48. The number of allylic oxidation sites excluding steroid dienone is 1. The summed E-state index contributed by atoms with van der Waals surface area (Å²) in [5, 5.41) is 15.2. The lowest BCUT2D eigenvalue weighted by Gasteiger charge is -2.37. The zero-order chi connectivity index (χ0) is 21.4. The highest BCUT2D eigenvalue weighted by molar-refractivity contribution is 9.10. The number of nitrogens with zero attached hydrogens (tertiary/aromatic N) is 4. The predicted molar refractivity (Wildman–Crippen MR) is 118 cm³/mol. The summed E-state index contributed by atoms with van der Waals surface area (Å²) in [5.74, 6) is 1.65. The number of tetrazole rings is 1. The second-order valence-electron chi connectivity index (χ2n) is 8.83. The minimum absolute atomic E-state index is 0.0672. The maximum atomic E-state index is 13.5. The normalized spacial score (nSPS) is 26.3. The number of esters is 1. The average Bonchev–Trinajstić information content (AvgIpc) is 3.15. The highest BCUT2D eigenvalue weighted by Gasteiger charge is 2.39. The van der Waals surface area contributed by atoms with Gasteiger partial charge < -0.3 is 10.1 Å². The van der Waals surface area contributed by atoms with Crippen LogP contribution in [0, 0.1) is 17.8 Å². The van der Waals surface area contributed by atoms with Gasteiger partial charge in [0.15, 0.2) is 0 Å². The van der Waals surface area contributed by atoms with Crippen molar-refractivity contribution in [2.45, 2.75) is 59.1 Å². The van der Waals surface area contributed by atoms with Crippen molar-refractivity contribution in [2.75, 3.05) is 5.32 Å². The molecule has 1 aromatic carbocycles. The molecule has 0 radical (unpaired) electrons. The van der Waals surface area contributed by atoms with Gasteiger partial charge in [0, 0.05) is 10.2 Å². The molecule has 160 valence electrons. The molecular weight excluding hydrogens is 446 g/mol. The average molecular weight is 474 g/mol. The van der Waals surface area contributed by atoms with Gasteiger partial charge in [-0.05, 0) is 65.6 Å². The molecule has 1 aromatic heterocycles. The molecular formula is C22H28BrN5O2. The van der Waals surface area contributed by atoms with E-state index in [2.05, 4.69) is 57.5 Å². The number of aromatic nitrogens is 4. The Labute approximate surface area is 185 Å². The van der Waals surface area contributed by atoms with Crippen LogP contribution in [0.4, 0.5) is 5.95 Å². The van der Waals surface area contributed by atoms with Crippen molar-refractivity contribution in [3.63, 3.8) is 0 Å². The summed E-state index contributed by atoms with van der Waals surface area (Å²) in [7, 11) is 0. The van der Waals surface area contributed by atoms with Crippen molar-refractivity contribution in [3.05, 3.63) is 45.6 Å². The number of rotatable bonds is 4. The molecule has 8 heteroatoms. The smallest absolute Gasteiger partial charge is 0.338 e. The standard InChI is InChI=1S/C22H28BrN5O2/c1-12(2)17-10-5-13(3)11-18(17)30-21(29)19-14(4)24-22-25-26-27-28(22)20(19)15-6-8-16(23)9-7-15/h6-9,12-13,17-18,20H,5,10-11H2,1-4H3,(H,24,25,27)/t13-,17-,18-,20+/m1/s1. The molecule has 2 aliphatic rings. The monoisotopic (exact) mass is 473 g/mol. The second-order valence-corrected chi connectivity index (χ2v) is 9.75. The number of nitrogens with one attached hydrogen (secondary N) is 1. The lowest BCUT2D eigenvalue weighted by atomic mass is 9.75. The second kappa shape index (κ2) is 8.49. The third-order valence-electron chi connectivity index (χ3n) is 6.34. The van der Waals surface area contributed by atoms with Crippen LogP contribution in [0.5, 0.6) is 0 Å². The van der Waals surface area contributed by atoms with Crippen molar-refractivity contribution >= 4 is 27.8 Å². The summed E-state index contributed by atoms with van der Waals surface area (Å²) in [6, 6.07) is 7.43. The predicted octanol–water partition coefficient (Wildman–Crippen LogP) is 4.73. The molecule has 0 saturated heterocycles. The van der Waals surface area contributed by atoms with E-state index in [1.165, 1.54) is 6.42 Å². The Kier molecular flexibility index (Phi) is 5.95. The molecule has 2 heterocycles. The quantitative estimate of drug-likeness (QED) is 0.646. The zero-order valence-corrected chi connectivity index (χ0v) is 19.4. The molecule has 0 bridgehead atoms. The van der Waals surface area contributed by atoms with Crippen LogP contribution < -0.4 is 5.32 Å². The molecule has 30 heavy (non-hydrogen) atoms. The van der Waals surface area contributed by atoms with E-state index in [4.69, 9.17) is 4.74 Å². The molecule has 7 nitrogen and oxygen atoms in total. The van der Waals surface area contributed by atoms with Crippen LogP contribution in [0.3, 0.4) is 0 Å².